The number of anilines is 2. The van der Waals surface area contributed by atoms with E-state index >= 15 is 0 Å². The largest absolute Gasteiger partial charge is 0.350 e. The highest BCUT2D eigenvalue weighted by atomic mass is 32.2. The summed E-state index contributed by atoms with van der Waals surface area (Å²) < 4.78 is 41.3. The van der Waals surface area contributed by atoms with E-state index in [0.717, 1.165) is 28.5 Å². The number of nitrogens with one attached hydrogen (secondary N) is 3. The molecule has 1 aliphatic heterocycles. The van der Waals surface area contributed by atoms with Crippen LogP contribution in [-0.4, -0.2) is 53.7 Å². The molecule has 5 rings (SSSR count). The summed E-state index contributed by atoms with van der Waals surface area (Å²) in [6.07, 6.45) is 4.93. The molecule has 3 N–H and O–H groups in total. The predicted molar refractivity (Wildman–Crippen MR) is 142 cm³/mol. The first-order chi connectivity index (χ1) is 17.9. The summed E-state index contributed by atoms with van der Waals surface area (Å²) in [5.74, 6) is 0.800. The van der Waals surface area contributed by atoms with Crippen molar-refractivity contribution in [1.82, 2.24) is 25.3 Å². The molecule has 4 aromatic rings. The third kappa shape index (κ3) is 6.17. The highest BCUT2D eigenvalue weighted by Crippen LogP contribution is 2.26. The molecular formula is C26H28FN7O2S. The summed E-state index contributed by atoms with van der Waals surface area (Å²) in [4.78, 5) is 17.9. The van der Waals surface area contributed by atoms with Crippen LogP contribution in [0.15, 0.2) is 61.1 Å². The van der Waals surface area contributed by atoms with Gasteiger partial charge >= 0.3 is 0 Å². The maximum atomic E-state index is 13.7. The SMILES string of the molecule is CCc1cc(-c2ncc(NS(=O)(=O)Cc3ccccc3)cn2)cc2cnc(N[C@@H]3CNC[C@@H](F)C3)nc12. The average molecular weight is 522 g/mol. The van der Waals surface area contributed by atoms with Gasteiger partial charge in [-0.2, -0.15) is 0 Å². The second-order valence-electron chi connectivity index (χ2n) is 9.09. The number of alkyl halides is 1. The molecule has 37 heavy (non-hydrogen) atoms. The van der Waals surface area contributed by atoms with E-state index in [1.807, 2.05) is 25.1 Å². The van der Waals surface area contributed by atoms with Crippen molar-refractivity contribution in [3.63, 3.8) is 0 Å². The first-order valence-electron chi connectivity index (χ1n) is 12.2. The lowest BCUT2D eigenvalue weighted by Crippen LogP contribution is -2.44. The van der Waals surface area contributed by atoms with E-state index in [4.69, 9.17) is 4.98 Å². The molecular weight excluding hydrogens is 493 g/mol. The Morgan fingerprint density at radius 2 is 1.84 bits per heavy atom. The van der Waals surface area contributed by atoms with E-state index < -0.39 is 16.2 Å². The number of hydrogen-bond acceptors (Lipinski definition) is 8. The number of rotatable bonds is 8. The summed E-state index contributed by atoms with van der Waals surface area (Å²) in [6.45, 7) is 3.08. The summed E-state index contributed by atoms with van der Waals surface area (Å²) in [5.41, 5.74) is 3.58. The Morgan fingerprint density at radius 1 is 1.05 bits per heavy atom. The Morgan fingerprint density at radius 3 is 2.57 bits per heavy atom. The van der Waals surface area contributed by atoms with E-state index in [9.17, 15) is 12.8 Å². The molecule has 0 spiro atoms. The van der Waals surface area contributed by atoms with Crippen LogP contribution >= 0.6 is 0 Å². The smallest absolute Gasteiger partial charge is 0.237 e. The number of hydrogen-bond donors (Lipinski definition) is 3. The van der Waals surface area contributed by atoms with Gasteiger partial charge in [-0.1, -0.05) is 37.3 Å². The van der Waals surface area contributed by atoms with Gasteiger partial charge in [0.2, 0.25) is 16.0 Å². The number of aryl methyl sites for hydroxylation is 1. The number of nitrogens with zero attached hydrogens (tertiary/aromatic N) is 4. The standard InChI is InChI=1S/C26H28FN7O2S/c1-2-18-8-19(9-20-11-31-26(33-24(18)20)32-22-10-21(27)12-28-13-22)25-29-14-23(15-30-25)34-37(35,36)16-17-6-4-3-5-7-17/h3-9,11,14-15,21-22,28,34H,2,10,12-13,16H2,1H3,(H,31,32,33)/t21-,22-/m0/s1. The zero-order chi connectivity index (χ0) is 25.8. The molecule has 0 bridgehead atoms. The van der Waals surface area contributed by atoms with Gasteiger partial charge in [0.25, 0.3) is 0 Å². The van der Waals surface area contributed by atoms with E-state index in [1.165, 1.54) is 12.4 Å². The Hall–Kier alpha value is -3.70. The molecule has 0 radical (unpaired) electrons. The lowest BCUT2D eigenvalue weighted by atomic mass is 10.0. The van der Waals surface area contributed by atoms with E-state index in [2.05, 4.69) is 30.3 Å². The fourth-order valence-corrected chi connectivity index (χ4v) is 5.58. The summed E-state index contributed by atoms with van der Waals surface area (Å²) >= 11 is 0. The van der Waals surface area contributed by atoms with Crippen LogP contribution in [0.4, 0.5) is 16.0 Å². The molecule has 11 heteroatoms. The Balaban J connectivity index is 1.34. The average Bonchev–Trinajstić information content (AvgIpc) is 2.88. The van der Waals surface area contributed by atoms with Crippen molar-refractivity contribution >= 4 is 32.6 Å². The van der Waals surface area contributed by atoms with Crippen molar-refractivity contribution in [2.45, 2.75) is 37.7 Å². The van der Waals surface area contributed by atoms with Crippen molar-refractivity contribution in [3.8, 4) is 11.4 Å². The third-order valence-corrected chi connectivity index (χ3v) is 7.42. The van der Waals surface area contributed by atoms with Crippen molar-refractivity contribution < 1.29 is 12.8 Å². The monoisotopic (exact) mass is 521 g/mol. The lowest BCUT2D eigenvalue weighted by molar-refractivity contribution is 0.254. The normalized spacial score (nSPS) is 18.0. The number of halogens is 1. The second-order valence-corrected chi connectivity index (χ2v) is 10.8. The first kappa shape index (κ1) is 25.0. The van der Waals surface area contributed by atoms with Crippen LogP contribution in [0, 0.1) is 0 Å². The Bertz CT molecular complexity index is 1480. The van der Waals surface area contributed by atoms with Gasteiger partial charge in [0.1, 0.15) is 6.17 Å². The number of aromatic nitrogens is 4. The van der Waals surface area contributed by atoms with Crippen LogP contribution in [0.3, 0.4) is 0 Å². The van der Waals surface area contributed by atoms with Crippen LogP contribution in [-0.2, 0) is 22.2 Å². The molecule has 9 nitrogen and oxygen atoms in total. The van der Waals surface area contributed by atoms with Gasteiger partial charge in [0.15, 0.2) is 5.82 Å². The fourth-order valence-electron chi connectivity index (χ4n) is 4.41. The molecule has 3 heterocycles. The molecule has 192 valence electrons. The molecule has 2 aromatic carbocycles. The molecule has 1 fully saturated rings. The topological polar surface area (TPSA) is 122 Å². The molecule has 1 saturated heterocycles. The van der Waals surface area contributed by atoms with Crippen LogP contribution < -0.4 is 15.4 Å². The minimum absolute atomic E-state index is 0.0671. The third-order valence-electron chi connectivity index (χ3n) is 6.16. The second kappa shape index (κ2) is 10.7. The first-order valence-corrected chi connectivity index (χ1v) is 13.8. The summed E-state index contributed by atoms with van der Waals surface area (Å²) in [6, 6.07) is 12.8. The highest BCUT2D eigenvalue weighted by Gasteiger charge is 2.22. The van der Waals surface area contributed by atoms with Crippen LogP contribution in [0.1, 0.15) is 24.5 Å². The number of sulfonamides is 1. The van der Waals surface area contributed by atoms with Crippen molar-refractivity contribution in [3.05, 3.63) is 72.2 Å². The number of piperidine rings is 1. The van der Waals surface area contributed by atoms with Gasteiger partial charge in [-0.15, -0.1) is 0 Å². The van der Waals surface area contributed by atoms with Gasteiger partial charge in [-0.3, -0.25) is 4.72 Å². The molecule has 0 unspecified atom stereocenters. The summed E-state index contributed by atoms with van der Waals surface area (Å²) in [5, 5.41) is 7.14. The van der Waals surface area contributed by atoms with Crippen LogP contribution in [0.5, 0.6) is 0 Å². The summed E-state index contributed by atoms with van der Waals surface area (Å²) in [7, 11) is -3.60. The van der Waals surface area contributed by atoms with Crippen molar-refractivity contribution in [2.75, 3.05) is 23.1 Å². The highest BCUT2D eigenvalue weighted by molar-refractivity contribution is 7.91. The van der Waals surface area contributed by atoms with Crippen molar-refractivity contribution in [1.29, 1.82) is 0 Å². The minimum atomic E-state index is -3.60. The van der Waals surface area contributed by atoms with Gasteiger partial charge < -0.3 is 10.6 Å². The maximum absolute atomic E-state index is 13.7. The van der Waals surface area contributed by atoms with E-state index in [-0.39, 0.29) is 11.8 Å². The quantitative estimate of drug-likeness (QED) is 0.321. The molecule has 0 aliphatic carbocycles. The molecule has 0 amide bonds. The fraction of sp³-hybridized carbons (Fsp3) is 0.308. The zero-order valence-corrected chi connectivity index (χ0v) is 21.2. The predicted octanol–water partition coefficient (Wildman–Crippen LogP) is 3.70. The molecule has 1 aliphatic rings. The van der Waals surface area contributed by atoms with Gasteiger partial charge in [0.05, 0.1) is 29.4 Å². The van der Waals surface area contributed by atoms with Crippen molar-refractivity contribution in [2.24, 2.45) is 0 Å². The lowest BCUT2D eigenvalue weighted by Gasteiger charge is -2.26. The number of fused-ring (bicyclic) bond motifs is 1. The van der Waals surface area contributed by atoms with Crippen LogP contribution in [0.2, 0.25) is 0 Å². The minimum Gasteiger partial charge on any atom is -0.350 e. The Labute approximate surface area is 215 Å². The molecule has 0 saturated carbocycles. The maximum Gasteiger partial charge on any atom is 0.237 e. The van der Waals surface area contributed by atoms with Gasteiger partial charge in [-0.25, -0.2) is 32.7 Å². The molecule has 2 atom stereocenters. The van der Waals surface area contributed by atoms with Crippen LogP contribution in [0.25, 0.3) is 22.3 Å². The molecule has 2 aromatic heterocycles. The van der Waals surface area contributed by atoms with Gasteiger partial charge in [0, 0.05) is 42.7 Å². The number of benzene rings is 2. The van der Waals surface area contributed by atoms with E-state index in [0.29, 0.717) is 42.5 Å². The van der Waals surface area contributed by atoms with Gasteiger partial charge in [-0.05, 0) is 29.7 Å². The zero-order valence-electron chi connectivity index (χ0n) is 20.4. The van der Waals surface area contributed by atoms with E-state index in [1.54, 1.807) is 30.5 Å². The Kier molecular flexibility index (Phi) is 7.24.